The van der Waals surface area contributed by atoms with E-state index in [-0.39, 0.29) is 0 Å². The van der Waals surface area contributed by atoms with Gasteiger partial charge in [0, 0.05) is 23.2 Å². The third-order valence-corrected chi connectivity index (χ3v) is 5.49. The highest BCUT2D eigenvalue weighted by atomic mass is 16.5. The zero-order valence-electron chi connectivity index (χ0n) is 19.0. The molecule has 0 amide bonds. The summed E-state index contributed by atoms with van der Waals surface area (Å²) >= 11 is 0. The first-order chi connectivity index (χ1) is 15.7. The minimum atomic E-state index is 0.822. The molecule has 0 bridgehead atoms. The maximum absolute atomic E-state index is 5.37. The quantitative estimate of drug-likeness (QED) is 0.329. The second kappa shape index (κ2) is 9.60. The molecule has 3 aromatic carbocycles. The van der Waals surface area contributed by atoms with Crippen molar-refractivity contribution in [2.24, 2.45) is 0 Å². The van der Waals surface area contributed by atoms with Gasteiger partial charge in [-0.1, -0.05) is 6.92 Å². The molecule has 5 nitrogen and oxygen atoms in total. The van der Waals surface area contributed by atoms with Crippen LogP contribution in [0.4, 0.5) is 0 Å². The van der Waals surface area contributed by atoms with Crippen molar-refractivity contribution in [3.63, 3.8) is 0 Å². The van der Waals surface area contributed by atoms with Gasteiger partial charge in [0.05, 0.1) is 32.7 Å². The Balaban J connectivity index is 1.94. The Hall–Kier alpha value is -3.73. The number of hydrogen-bond donors (Lipinski definition) is 0. The van der Waals surface area contributed by atoms with Crippen molar-refractivity contribution in [3.05, 3.63) is 72.8 Å². The molecule has 0 aliphatic rings. The van der Waals surface area contributed by atoms with Crippen LogP contribution in [-0.4, -0.2) is 30.9 Å². The van der Waals surface area contributed by atoms with Crippen LogP contribution in [0.25, 0.3) is 33.9 Å². The highest BCUT2D eigenvalue weighted by molar-refractivity contribution is 5.82. The molecule has 0 aliphatic carbocycles. The molecule has 0 saturated carbocycles. The van der Waals surface area contributed by atoms with Crippen molar-refractivity contribution in [1.82, 2.24) is 9.55 Å². The Bertz CT molecular complexity index is 1160. The van der Waals surface area contributed by atoms with E-state index in [1.54, 1.807) is 21.3 Å². The number of rotatable bonds is 8. The van der Waals surface area contributed by atoms with Crippen molar-refractivity contribution in [1.29, 1.82) is 0 Å². The number of ether oxygens (including phenoxy) is 3. The minimum absolute atomic E-state index is 0.822. The standard InChI is InChI=1S/C27H28N2O3/c1-5-18-29-26(20-8-14-23(31-3)15-9-20)25(19-6-12-22(30-2)13-7-19)28-27(29)21-10-16-24(32-4)17-11-21/h6-17H,5,18H2,1-4H3. The lowest BCUT2D eigenvalue weighted by Crippen LogP contribution is -2.02. The van der Waals surface area contributed by atoms with E-state index in [9.17, 15) is 0 Å². The number of aromatic nitrogens is 2. The number of imidazole rings is 1. The molecule has 1 aromatic heterocycles. The van der Waals surface area contributed by atoms with Crippen LogP contribution in [0.3, 0.4) is 0 Å². The van der Waals surface area contributed by atoms with Crippen molar-refractivity contribution >= 4 is 0 Å². The minimum Gasteiger partial charge on any atom is -0.497 e. The van der Waals surface area contributed by atoms with Crippen LogP contribution in [0.15, 0.2) is 72.8 Å². The summed E-state index contributed by atoms with van der Waals surface area (Å²) in [4.78, 5) is 5.15. The van der Waals surface area contributed by atoms with Crippen molar-refractivity contribution in [3.8, 4) is 51.2 Å². The normalized spacial score (nSPS) is 10.8. The molecule has 164 valence electrons. The molecule has 5 heteroatoms. The van der Waals surface area contributed by atoms with Crippen molar-refractivity contribution in [2.75, 3.05) is 21.3 Å². The molecule has 4 rings (SSSR count). The maximum atomic E-state index is 5.37. The number of hydrogen-bond acceptors (Lipinski definition) is 4. The molecule has 0 radical (unpaired) electrons. The smallest absolute Gasteiger partial charge is 0.141 e. The van der Waals surface area contributed by atoms with E-state index in [4.69, 9.17) is 19.2 Å². The summed E-state index contributed by atoms with van der Waals surface area (Å²) in [6.07, 6.45) is 0.991. The number of nitrogens with zero attached hydrogens (tertiary/aromatic N) is 2. The van der Waals surface area contributed by atoms with Gasteiger partial charge in [-0.3, -0.25) is 0 Å². The van der Waals surface area contributed by atoms with Gasteiger partial charge in [0.15, 0.2) is 0 Å². The molecule has 0 aliphatic heterocycles. The fraction of sp³-hybridized carbons (Fsp3) is 0.222. The van der Waals surface area contributed by atoms with Gasteiger partial charge in [0.1, 0.15) is 23.1 Å². The predicted molar refractivity (Wildman–Crippen MR) is 128 cm³/mol. The summed E-state index contributed by atoms with van der Waals surface area (Å²) in [5.41, 5.74) is 5.22. The Labute approximate surface area is 189 Å². The molecular weight excluding hydrogens is 400 g/mol. The van der Waals surface area contributed by atoms with Crippen LogP contribution < -0.4 is 14.2 Å². The highest BCUT2D eigenvalue weighted by Crippen LogP contribution is 2.38. The van der Waals surface area contributed by atoms with E-state index in [2.05, 4.69) is 47.9 Å². The fourth-order valence-corrected chi connectivity index (χ4v) is 3.85. The van der Waals surface area contributed by atoms with Gasteiger partial charge in [0.2, 0.25) is 0 Å². The molecule has 0 fully saturated rings. The molecule has 32 heavy (non-hydrogen) atoms. The molecule has 1 heterocycles. The zero-order valence-corrected chi connectivity index (χ0v) is 19.0. The van der Waals surface area contributed by atoms with Gasteiger partial charge in [-0.2, -0.15) is 0 Å². The van der Waals surface area contributed by atoms with Gasteiger partial charge < -0.3 is 18.8 Å². The molecule has 0 N–H and O–H groups in total. The van der Waals surface area contributed by atoms with Crippen LogP contribution in [0, 0.1) is 0 Å². The van der Waals surface area contributed by atoms with Gasteiger partial charge in [0.25, 0.3) is 0 Å². The first kappa shape index (κ1) is 21.5. The summed E-state index contributed by atoms with van der Waals surface area (Å²) in [5, 5.41) is 0. The Morgan fingerprint density at radius 2 is 1.06 bits per heavy atom. The second-order valence-corrected chi connectivity index (χ2v) is 7.47. The average Bonchev–Trinajstić information content (AvgIpc) is 3.23. The summed E-state index contributed by atoms with van der Waals surface area (Å²) < 4.78 is 18.4. The van der Waals surface area contributed by atoms with E-state index in [0.717, 1.165) is 64.1 Å². The summed E-state index contributed by atoms with van der Waals surface area (Å²) in [6.45, 7) is 3.04. The van der Waals surface area contributed by atoms with E-state index < -0.39 is 0 Å². The van der Waals surface area contributed by atoms with Crippen molar-refractivity contribution < 1.29 is 14.2 Å². The van der Waals surface area contributed by atoms with Gasteiger partial charge in [-0.05, 0) is 79.2 Å². The molecular formula is C27H28N2O3. The van der Waals surface area contributed by atoms with Crippen LogP contribution in [-0.2, 0) is 6.54 Å². The Morgan fingerprint density at radius 3 is 1.50 bits per heavy atom. The summed E-state index contributed by atoms with van der Waals surface area (Å²) in [6, 6.07) is 24.3. The first-order valence-corrected chi connectivity index (χ1v) is 10.7. The lowest BCUT2D eigenvalue weighted by molar-refractivity contribution is 0.414. The van der Waals surface area contributed by atoms with Gasteiger partial charge >= 0.3 is 0 Å². The van der Waals surface area contributed by atoms with Crippen LogP contribution in [0.5, 0.6) is 17.2 Å². The molecule has 0 saturated heterocycles. The lowest BCUT2D eigenvalue weighted by Gasteiger charge is -2.13. The monoisotopic (exact) mass is 428 g/mol. The molecule has 4 aromatic rings. The van der Waals surface area contributed by atoms with E-state index in [1.807, 2.05) is 36.4 Å². The van der Waals surface area contributed by atoms with Crippen LogP contribution in [0.2, 0.25) is 0 Å². The molecule has 0 unspecified atom stereocenters. The number of methoxy groups -OCH3 is 3. The Kier molecular flexibility index (Phi) is 6.45. The van der Waals surface area contributed by atoms with Crippen molar-refractivity contribution in [2.45, 2.75) is 19.9 Å². The van der Waals surface area contributed by atoms with Crippen LogP contribution >= 0.6 is 0 Å². The first-order valence-electron chi connectivity index (χ1n) is 10.7. The van der Waals surface area contributed by atoms with E-state index in [1.165, 1.54) is 0 Å². The number of benzene rings is 3. The second-order valence-electron chi connectivity index (χ2n) is 7.47. The predicted octanol–water partition coefficient (Wildman–Crippen LogP) is 6.32. The lowest BCUT2D eigenvalue weighted by atomic mass is 10.0. The average molecular weight is 429 g/mol. The topological polar surface area (TPSA) is 45.5 Å². The third-order valence-electron chi connectivity index (χ3n) is 5.49. The van der Waals surface area contributed by atoms with Gasteiger partial charge in [-0.25, -0.2) is 4.98 Å². The summed E-state index contributed by atoms with van der Waals surface area (Å²) in [7, 11) is 5.03. The molecule has 0 atom stereocenters. The largest absolute Gasteiger partial charge is 0.497 e. The highest BCUT2D eigenvalue weighted by Gasteiger charge is 2.21. The van der Waals surface area contributed by atoms with Crippen LogP contribution in [0.1, 0.15) is 13.3 Å². The Morgan fingerprint density at radius 1 is 0.625 bits per heavy atom. The van der Waals surface area contributed by atoms with E-state index >= 15 is 0 Å². The summed E-state index contributed by atoms with van der Waals surface area (Å²) in [5.74, 6) is 3.42. The fourth-order valence-electron chi connectivity index (χ4n) is 3.85. The third kappa shape index (κ3) is 4.19. The SMILES string of the molecule is CCCn1c(-c2ccc(OC)cc2)nc(-c2ccc(OC)cc2)c1-c1ccc(OC)cc1. The molecule has 0 spiro atoms. The maximum Gasteiger partial charge on any atom is 0.141 e. The van der Waals surface area contributed by atoms with Gasteiger partial charge in [-0.15, -0.1) is 0 Å². The zero-order chi connectivity index (χ0) is 22.5. The van der Waals surface area contributed by atoms with E-state index in [0.29, 0.717) is 0 Å².